The predicted octanol–water partition coefficient (Wildman–Crippen LogP) is 3.05. The first-order valence-electron chi connectivity index (χ1n) is 7.95. The van der Waals surface area contributed by atoms with Crippen LogP contribution in [0.25, 0.3) is 5.65 Å². The predicted molar refractivity (Wildman–Crippen MR) is 92.9 cm³/mol. The van der Waals surface area contributed by atoms with Crippen LogP contribution in [0.5, 0.6) is 0 Å². The Kier molecular flexibility index (Phi) is 4.01. The summed E-state index contributed by atoms with van der Waals surface area (Å²) in [5.41, 5.74) is 3.01. The van der Waals surface area contributed by atoms with E-state index in [0.717, 1.165) is 24.1 Å². The number of aromatic nitrogens is 4. The van der Waals surface area contributed by atoms with Gasteiger partial charge in [0.15, 0.2) is 5.65 Å². The summed E-state index contributed by atoms with van der Waals surface area (Å²) in [5, 5.41) is 3.52. The van der Waals surface area contributed by atoms with Crippen molar-refractivity contribution in [3.63, 3.8) is 0 Å². The lowest BCUT2D eigenvalue weighted by atomic mass is 10.1. The molecule has 0 unspecified atom stereocenters. The van der Waals surface area contributed by atoms with E-state index in [0.29, 0.717) is 34.6 Å². The number of carbonyl (C=O) groups excluding carboxylic acids is 1. The van der Waals surface area contributed by atoms with Gasteiger partial charge in [0.1, 0.15) is 22.9 Å². The number of imidazole rings is 1. The van der Waals surface area contributed by atoms with Crippen LogP contribution in [-0.4, -0.2) is 32.4 Å². The maximum atomic E-state index is 12.1. The van der Waals surface area contributed by atoms with E-state index < -0.39 is 0 Å². The molecule has 0 saturated heterocycles. The summed E-state index contributed by atoms with van der Waals surface area (Å²) in [5.74, 6) is 0.768. The molecule has 128 valence electrons. The highest BCUT2D eigenvalue weighted by Gasteiger charge is 2.26. The normalized spacial score (nSPS) is 13.8. The summed E-state index contributed by atoms with van der Waals surface area (Å²) in [7, 11) is 1.38. The number of fused-ring (bicyclic) bond motifs is 1. The highest BCUT2D eigenvalue weighted by atomic mass is 35.5. The van der Waals surface area contributed by atoms with Crippen molar-refractivity contribution in [2.45, 2.75) is 25.3 Å². The van der Waals surface area contributed by atoms with Crippen LogP contribution >= 0.6 is 11.6 Å². The molecule has 1 saturated carbocycles. The van der Waals surface area contributed by atoms with E-state index in [1.807, 2.05) is 22.9 Å². The molecule has 7 nitrogen and oxygen atoms in total. The van der Waals surface area contributed by atoms with E-state index in [1.165, 1.54) is 13.4 Å². The SMILES string of the molecule is COC(=O)c1cc(C2CC2)cn2cc(CNc3cc(Cl)ncn3)nc12. The van der Waals surface area contributed by atoms with Crippen molar-refractivity contribution < 1.29 is 9.53 Å². The van der Waals surface area contributed by atoms with E-state index in [2.05, 4.69) is 20.3 Å². The zero-order valence-electron chi connectivity index (χ0n) is 13.6. The second-order valence-corrected chi connectivity index (χ2v) is 6.38. The maximum absolute atomic E-state index is 12.1. The summed E-state index contributed by atoms with van der Waals surface area (Å²) >= 11 is 5.85. The third-order valence-corrected chi connectivity index (χ3v) is 4.37. The van der Waals surface area contributed by atoms with Crippen molar-refractivity contribution in [2.24, 2.45) is 0 Å². The molecule has 3 aromatic rings. The molecule has 1 aliphatic carbocycles. The second-order valence-electron chi connectivity index (χ2n) is 6.00. The number of rotatable bonds is 5. The molecule has 8 heteroatoms. The highest BCUT2D eigenvalue weighted by Crippen LogP contribution is 2.40. The zero-order valence-corrected chi connectivity index (χ0v) is 14.3. The smallest absolute Gasteiger partial charge is 0.341 e. The van der Waals surface area contributed by atoms with Crippen molar-refractivity contribution in [3.05, 3.63) is 52.8 Å². The molecular formula is C17H16ClN5O2. The Labute approximate surface area is 149 Å². The standard InChI is InChI=1S/C17H16ClN5O2/c1-25-17(24)13-4-11(10-2-3-10)7-23-8-12(22-16(13)23)6-19-15-5-14(18)20-9-21-15/h4-5,7-10H,2-3,6H2,1H3,(H,19,20,21). The van der Waals surface area contributed by atoms with E-state index in [4.69, 9.17) is 16.3 Å². The Hall–Kier alpha value is -2.67. The Morgan fingerprint density at radius 1 is 1.36 bits per heavy atom. The monoisotopic (exact) mass is 357 g/mol. The van der Waals surface area contributed by atoms with E-state index in [1.54, 1.807) is 6.07 Å². The summed E-state index contributed by atoms with van der Waals surface area (Å²) < 4.78 is 6.80. The van der Waals surface area contributed by atoms with Gasteiger partial charge in [-0.15, -0.1) is 0 Å². The molecule has 0 bridgehead atoms. The Bertz CT molecular complexity index is 951. The molecule has 3 aromatic heterocycles. The van der Waals surface area contributed by atoms with E-state index in [-0.39, 0.29) is 5.97 Å². The lowest BCUT2D eigenvalue weighted by Gasteiger charge is -2.05. The number of methoxy groups -OCH3 is 1. The Morgan fingerprint density at radius 3 is 2.92 bits per heavy atom. The number of hydrogen-bond acceptors (Lipinski definition) is 6. The quantitative estimate of drug-likeness (QED) is 0.558. The largest absolute Gasteiger partial charge is 0.465 e. The molecule has 1 fully saturated rings. The first-order chi connectivity index (χ1) is 12.1. The lowest BCUT2D eigenvalue weighted by molar-refractivity contribution is 0.0602. The van der Waals surface area contributed by atoms with Gasteiger partial charge in [-0.05, 0) is 30.4 Å². The van der Waals surface area contributed by atoms with Crippen molar-refractivity contribution >= 4 is 29.0 Å². The first-order valence-corrected chi connectivity index (χ1v) is 8.33. The van der Waals surface area contributed by atoms with Crippen molar-refractivity contribution in [1.29, 1.82) is 0 Å². The topological polar surface area (TPSA) is 81.4 Å². The number of nitrogens with zero attached hydrogens (tertiary/aromatic N) is 4. The third-order valence-electron chi connectivity index (χ3n) is 4.16. The minimum atomic E-state index is -0.375. The maximum Gasteiger partial charge on any atom is 0.341 e. The fourth-order valence-electron chi connectivity index (χ4n) is 2.77. The molecule has 1 N–H and O–H groups in total. The summed E-state index contributed by atoms with van der Waals surface area (Å²) in [4.78, 5) is 24.6. The molecule has 3 heterocycles. The number of nitrogens with one attached hydrogen (secondary N) is 1. The van der Waals surface area contributed by atoms with E-state index in [9.17, 15) is 4.79 Å². The minimum absolute atomic E-state index is 0.370. The molecule has 1 aliphatic rings. The molecule has 25 heavy (non-hydrogen) atoms. The number of carbonyl (C=O) groups is 1. The van der Waals surface area contributed by atoms with Crippen LogP contribution < -0.4 is 5.32 Å². The fraction of sp³-hybridized carbons (Fsp3) is 0.294. The van der Waals surface area contributed by atoms with Gasteiger partial charge in [-0.1, -0.05) is 11.6 Å². The van der Waals surface area contributed by atoms with Gasteiger partial charge in [-0.25, -0.2) is 19.7 Å². The van der Waals surface area contributed by atoms with Crippen LogP contribution in [0.4, 0.5) is 5.82 Å². The molecular weight excluding hydrogens is 342 g/mol. The zero-order chi connectivity index (χ0) is 17.4. The number of pyridine rings is 1. The summed E-state index contributed by atoms with van der Waals surface area (Å²) in [6.45, 7) is 0.453. The van der Waals surface area contributed by atoms with Crippen LogP contribution in [0.2, 0.25) is 5.15 Å². The summed E-state index contributed by atoms with van der Waals surface area (Å²) in [6, 6.07) is 3.54. The van der Waals surface area contributed by atoms with Gasteiger partial charge in [0.25, 0.3) is 0 Å². The molecule has 4 rings (SSSR count). The van der Waals surface area contributed by atoms with Crippen LogP contribution in [0.1, 0.15) is 40.4 Å². The van der Waals surface area contributed by atoms with Crippen LogP contribution in [0, 0.1) is 0 Å². The number of halogens is 1. The lowest BCUT2D eigenvalue weighted by Crippen LogP contribution is -2.05. The molecule has 0 aromatic carbocycles. The van der Waals surface area contributed by atoms with Crippen LogP contribution in [-0.2, 0) is 11.3 Å². The van der Waals surface area contributed by atoms with Gasteiger partial charge >= 0.3 is 5.97 Å². The van der Waals surface area contributed by atoms with Crippen LogP contribution in [0.3, 0.4) is 0 Å². The summed E-state index contributed by atoms with van der Waals surface area (Å²) in [6.07, 6.45) is 7.65. The average Bonchev–Trinajstić information content (AvgIpc) is 3.38. The van der Waals surface area contributed by atoms with Crippen molar-refractivity contribution in [2.75, 3.05) is 12.4 Å². The first kappa shape index (κ1) is 15.8. The van der Waals surface area contributed by atoms with Crippen molar-refractivity contribution in [3.8, 4) is 0 Å². The molecule has 0 aliphatic heterocycles. The molecule has 0 spiro atoms. The van der Waals surface area contributed by atoms with Gasteiger partial charge in [0.2, 0.25) is 0 Å². The van der Waals surface area contributed by atoms with Gasteiger partial charge < -0.3 is 14.5 Å². The fourth-order valence-corrected chi connectivity index (χ4v) is 2.91. The van der Waals surface area contributed by atoms with Crippen LogP contribution in [0.15, 0.2) is 30.9 Å². The molecule has 0 radical (unpaired) electrons. The highest BCUT2D eigenvalue weighted by molar-refractivity contribution is 6.29. The van der Waals surface area contributed by atoms with Gasteiger partial charge in [-0.3, -0.25) is 0 Å². The second kappa shape index (κ2) is 6.33. The molecule has 0 atom stereocenters. The Balaban J connectivity index is 1.65. The minimum Gasteiger partial charge on any atom is -0.465 e. The van der Waals surface area contributed by atoms with Crippen molar-refractivity contribution in [1.82, 2.24) is 19.4 Å². The average molecular weight is 358 g/mol. The van der Waals surface area contributed by atoms with Gasteiger partial charge in [0.05, 0.1) is 19.3 Å². The number of hydrogen-bond donors (Lipinski definition) is 1. The number of anilines is 1. The molecule has 0 amide bonds. The van der Waals surface area contributed by atoms with Gasteiger partial charge in [0, 0.05) is 18.5 Å². The Morgan fingerprint density at radius 2 is 2.20 bits per heavy atom. The third kappa shape index (κ3) is 3.28. The number of ether oxygens (including phenoxy) is 1. The van der Waals surface area contributed by atoms with Gasteiger partial charge in [-0.2, -0.15) is 0 Å². The van der Waals surface area contributed by atoms with E-state index >= 15 is 0 Å². The number of esters is 1.